The van der Waals surface area contributed by atoms with Crippen LogP contribution in [0, 0.1) is 11.6 Å². The van der Waals surface area contributed by atoms with Crippen LogP contribution in [0.5, 0.6) is 0 Å². The van der Waals surface area contributed by atoms with Crippen molar-refractivity contribution in [2.75, 3.05) is 6.54 Å². The van der Waals surface area contributed by atoms with Crippen molar-refractivity contribution in [2.24, 2.45) is 0 Å². The predicted octanol–water partition coefficient (Wildman–Crippen LogP) is 3.74. The fourth-order valence-electron chi connectivity index (χ4n) is 1.60. The van der Waals surface area contributed by atoms with Crippen molar-refractivity contribution < 1.29 is 22.0 Å². The molecule has 0 aliphatic heterocycles. The molecule has 102 valence electrons. The molecular formula is C12H14F5N. The van der Waals surface area contributed by atoms with Gasteiger partial charge < -0.3 is 5.32 Å². The summed E-state index contributed by atoms with van der Waals surface area (Å²) in [7, 11) is 0. The zero-order chi connectivity index (χ0) is 14.0. The van der Waals surface area contributed by atoms with Crippen LogP contribution in [0.25, 0.3) is 0 Å². The van der Waals surface area contributed by atoms with Crippen molar-refractivity contribution >= 4 is 0 Å². The molecule has 1 atom stereocenters. The molecule has 0 saturated carbocycles. The Labute approximate surface area is 102 Å². The van der Waals surface area contributed by atoms with E-state index in [9.17, 15) is 22.0 Å². The standard InChI is InChI=1S/C12H14F5N/c1-3-6-18-11(2,12(15,16)17)9-7-8(13)4-5-10(9)14/h4-5,7,18H,3,6H2,1-2H3. The average molecular weight is 267 g/mol. The van der Waals surface area contributed by atoms with E-state index in [4.69, 9.17) is 0 Å². The molecule has 0 bridgehead atoms. The molecule has 1 nitrogen and oxygen atoms in total. The van der Waals surface area contributed by atoms with Gasteiger partial charge in [0.15, 0.2) is 0 Å². The second-order valence-corrected chi connectivity index (χ2v) is 4.17. The average Bonchev–Trinajstić information content (AvgIpc) is 2.27. The van der Waals surface area contributed by atoms with E-state index in [1.165, 1.54) is 0 Å². The molecular weight excluding hydrogens is 253 g/mol. The molecule has 6 heteroatoms. The fourth-order valence-corrected chi connectivity index (χ4v) is 1.60. The van der Waals surface area contributed by atoms with Gasteiger partial charge in [-0.15, -0.1) is 0 Å². The maximum atomic E-state index is 13.5. The first-order chi connectivity index (χ1) is 8.22. The molecule has 0 saturated heterocycles. The minimum absolute atomic E-state index is 0.0476. The van der Waals surface area contributed by atoms with Gasteiger partial charge in [-0.05, 0) is 38.1 Å². The molecule has 1 N–H and O–H groups in total. The van der Waals surface area contributed by atoms with Crippen molar-refractivity contribution in [1.82, 2.24) is 5.32 Å². The molecule has 0 spiro atoms. The number of rotatable bonds is 4. The van der Waals surface area contributed by atoms with Gasteiger partial charge in [0.2, 0.25) is 0 Å². The van der Waals surface area contributed by atoms with Crippen LogP contribution in [0.2, 0.25) is 0 Å². The monoisotopic (exact) mass is 267 g/mol. The van der Waals surface area contributed by atoms with E-state index in [2.05, 4.69) is 5.32 Å². The van der Waals surface area contributed by atoms with Crippen LogP contribution in [0.4, 0.5) is 22.0 Å². The fraction of sp³-hybridized carbons (Fsp3) is 0.500. The van der Waals surface area contributed by atoms with Gasteiger partial charge in [-0.1, -0.05) is 6.92 Å². The summed E-state index contributed by atoms with van der Waals surface area (Å²) < 4.78 is 65.8. The summed E-state index contributed by atoms with van der Waals surface area (Å²) in [6, 6.07) is 2.06. The molecule has 1 aromatic carbocycles. The minimum atomic E-state index is -4.73. The molecule has 0 aromatic heterocycles. The summed E-state index contributed by atoms with van der Waals surface area (Å²) in [5.41, 5.74) is -3.33. The lowest BCUT2D eigenvalue weighted by molar-refractivity contribution is -0.196. The van der Waals surface area contributed by atoms with E-state index in [1.807, 2.05) is 0 Å². The van der Waals surface area contributed by atoms with Crippen molar-refractivity contribution in [1.29, 1.82) is 0 Å². The number of halogens is 5. The molecule has 0 fully saturated rings. The molecule has 1 unspecified atom stereocenters. The Hall–Kier alpha value is -1.17. The maximum absolute atomic E-state index is 13.5. The zero-order valence-electron chi connectivity index (χ0n) is 10.0. The number of hydrogen-bond acceptors (Lipinski definition) is 1. The highest BCUT2D eigenvalue weighted by molar-refractivity contribution is 5.28. The van der Waals surface area contributed by atoms with E-state index in [0.717, 1.165) is 13.0 Å². The van der Waals surface area contributed by atoms with Crippen LogP contribution in [0.15, 0.2) is 18.2 Å². The second-order valence-electron chi connectivity index (χ2n) is 4.17. The highest BCUT2D eigenvalue weighted by atomic mass is 19.4. The van der Waals surface area contributed by atoms with Gasteiger partial charge in [-0.25, -0.2) is 8.78 Å². The molecule has 0 heterocycles. The van der Waals surface area contributed by atoms with Gasteiger partial charge in [-0.2, -0.15) is 13.2 Å². The first kappa shape index (κ1) is 14.9. The van der Waals surface area contributed by atoms with Gasteiger partial charge in [-0.3, -0.25) is 0 Å². The van der Waals surface area contributed by atoms with Gasteiger partial charge >= 0.3 is 6.18 Å². The number of hydrogen-bond donors (Lipinski definition) is 1. The van der Waals surface area contributed by atoms with Crippen molar-refractivity contribution in [3.8, 4) is 0 Å². The lowest BCUT2D eigenvalue weighted by Gasteiger charge is -2.33. The molecule has 0 aliphatic carbocycles. The Kier molecular flexibility index (Phi) is 4.32. The normalized spacial score (nSPS) is 15.5. The smallest absolute Gasteiger partial charge is 0.300 e. The predicted molar refractivity (Wildman–Crippen MR) is 58.1 cm³/mol. The molecule has 1 aromatic rings. The van der Waals surface area contributed by atoms with E-state index in [0.29, 0.717) is 18.6 Å². The number of nitrogens with one attached hydrogen (secondary N) is 1. The van der Waals surface area contributed by atoms with E-state index in [-0.39, 0.29) is 6.54 Å². The summed E-state index contributed by atoms with van der Waals surface area (Å²) in [5.74, 6) is -1.99. The Morgan fingerprint density at radius 1 is 1.17 bits per heavy atom. The SMILES string of the molecule is CCCNC(C)(c1cc(F)ccc1F)C(F)(F)F. The lowest BCUT2D eigenvalue weighted by Crippen LogP contribution is -2.52. The summed E-state index contributed by atoms with van der Waals surface area (Å²) in [6.07, 6.45) is -4.28. The van der Waals surface area contributed by atoms with Gasteiger partial charge in [0.1, 0.15) is 17.2 Å². The molecule has 18 heavy (non-hydrogen) atoms. The minimum Gasteiger partial charge on any atom is -0.300 e. The number of benzene rings is 1. The van der Waals surface area contributed by atoms with Crippen LogP contribution < -0.4 is 5.32 Å². The van der Waals surface area contributed by atoms with Gasteiger partial charge in [0, 0.05) is 5.56 Å². The van der Waals surface area contributed by atoms with Gasteiger partial charge in [0.25, 0.3) is 0 Å². The van der Waals surface area contributed by atoms with Crippen LogP contribution in [-0.2, 0) is 5.54 Å². The molecule has 1 rings (SSSR count). The Balaban J connectivity index is 3.29. The quantitative estimate of drug-likeness (QED) is 0.819. The summed E-state index contributed by atoms with van der Waals surface area (Å²) in [5, 5.41) is 2.24. The highest BCUT2D eigenvalue weighted by Gasteiger charge is 2.53. The zero-order valence-corrected chi connectivity index (χ0v) is 10.0. The van der Waals surface area contributed by atoms with Gasteiger partial charge in [0.05, 0.1) is 0 Å². The highest BCUT2D eigenvalue weighted by Crippen LogP contribution is 2.39. The van der Waals surface area contributed by atoms with Crippen molar-refractivity contribution in [2.45, 2.75) is 32.0 Å². The maximum Gasteiger partial charge on any atom is 0.410 e. The van der Waals surface area contributed by atoms with Crippen LogP contribution in [-0.4, -0.2) is 12.7 Å². The second kappa shape index (κ2) is 5.22. The first-order valence-electron chi connectivity index (χ1n) is 5.49. The van der Waals surface area contributed by atoms with E-state index < -0.39 is 28.9 Å². The Morgan fingerprint density at radius 3 is 2.28 bits per heavy atom. The molecule has 0 radical (unpaired) electrons. The third-order valence-corrected chi connectivity index (χ3v) is 2.76. The Bertz CT molecular complexity index is 415. The molecule has 0 aliphatic rings. The topological polar surface area (TPSA) is 12.0 Å². The lowest BCUT2D eigenvalue weighted by atomic mass is 9.90. The van der Waals surface area contributed by atoms with Crippen LogP contribution in [0.1, 0.15) is 25.8 Å². The largest absolute Gasteiger partial charge is 0.410 e. The van der Waals surface area contributed by atoms with E-state index in [1.54, 1.807) is 6.92 Å². The Morgan fingerprint density at radius 2 is 1.78 bits per heavy atom. The van der Waals surface area contributed by atoms with Crippen LogP contribution in [0.3, 0.4) is 0 Å². The molecule has 0 amide bonds. The van der Waals surface area contributed by atoms with Crippen molar-refractivity contribution in [3.63, 3.8) is 0 Å². The van der Waals surface area contributed by atoms with Crippen molar-refractivity contribution in [3.05, 3.63) is 35.4 Å². The summed E-state index contributed by atoms with van der Waals surface area (Å²) in [4.78, 5) is 0. The van der Waals surface area contributed by atoms with Crippen LogP contribution >= 0.6 is 0 Å². The third-order valence-electron chi connectivity index (χ3n) is 2.76. The first-order valence-corrected chi connectivity index (χ1v) is 5.49. The third kappa shape index (κ3) is 2.80. The summed E-state index contributed by atoms with van der Waals surface area (Å²) in [6.45, 7) is 2.54. The summed E-state index contributed by atoms with van der Waals surface area (Å²) >= 11 is 0. The van der Waals surface area contributed by atoms with E-state index >= 15 is 0 Å². The number of alkyl halides is 3.